The first kappa shape index (κ1) is 13.3. The molecule has 1 aromatic carbocycles. The van der Waals surface area contributed by atoms with E-state index in [2.05, 4.69) is 15.4 Å². The molecule has 0 spiro atoms. The van der Waals surface area contributed by atoms with Crippen LogP contribution in [0.3, 0.4) is 0 Å². The van der Waals surface area contributed by atoms with Gasteiger partial charge in [0.15, 0.2) is 5.82 Å². The van der Waals surface area contributed by atoms with E-state index in [0.717, 1.165) is 17.1 Å². The van der Waals surface area contributed by atoms with Crippen molar-refractivity contribution in [2.45, 2.75) is 13.0 Å². The Bertz CT molecular complexity index is 707. The summed E-state index contributed by atoms with van der Waals surface area (Å²) >= 11 is 0. The highest BCUT2D eigenvalue weighted by molar-refractivity contribution is 5.57. The lowest BCUT2D eigenvalue weighted by Gasteiger charge is -2.17. The van der Waals surface area contributed by atoms with Gasteiger partial charge < -0.3 is 5.32 Å². The molecule has 3 aromatic rings. The van der Waals surface area contributed by atoms with Gasteiger partial charge in [0.05, 0.1) is 5.69 Å². The van der Waals surface area contributed by atoms with Gasteiger partial charge in [-0.25, -0.2) is 14.1 Å². The molecule has 0 bridgehead atoms. The highest BCUT2D eigenvalue weighted by Crippen LogP contribution is 2.23. The summed E-state index contributed by atoms with van der Waals surface area (Å²) in [5, 5.41) is 7.59. The average Bonchev–Trinajstić information content (AvgIpc) is 3.02. The maximum Gasteiger partial charge on any atom is 0.176 e. The maximum absolute atomic E-state index is 13.0. The largest absolute Gasteiger partial charge is 0.375 e. The van der Waals surface area contributed by atoms with E-state index < -0.39 is 0 Å². The molecular weight excluding hydrogens is 267 g/mol. The van der Waals surface area contributed by atoms with Crippen LogP contribution in [0.2, 0.25) is 0 Å². The van der Waals surface area contributed by atoms with Crippen molar-refractivity contribution in [1.82, 2.24) is 14.8 Å². The third-order valence-corrected chi connectivity index (χ3v) is 3.25. The van der Waals surface area contributed by atoms with Crippen molar-refractivity contribution in [3.8, 4) is 5.82 Å². The number of nitrogens with one attached hydrogen (secondary N) is 1. The Labute approximate surface area is 122 Å². The molecule has 0 aliphatic carbocycles. The van der Waals surface area contributed by atoms with E-state index >= 15 is 0 Å². The number of nitrogens with zero attached hydrogens (tertiary/aromatic N) is 3. The van der Waals surface area contributed by atoms with Crippen molar-refractivity contribution in [1.29, 1.82) is 0 Å². The number of pyridine rings is 1. The predicted octanol–water partition coefficient (Wildman–Crippen LogP) is 3.58. The molecule has 0 fully saturated rings. The summed E-state index contributed by atoms with van der Waals surface area (Å²) in [6.07, 6.45) is 5.28. The summed E-state index contributed by atoms with van der Waals surface area (Å²) in [5.41, 5.74) is 1.88. The fraction of sp³-hybridized carbons (Fsp3) is 0.125. The van der Waals surface area contributed by atoms with Crippen LogP contribution in [0.5, 0.6) is 0 Å². The SMILES string of the molecule is CC(Nc1cccnc1-n1cccn1)c1ccc(F)cc1. The van der Waals surface area contributed by atoms with Crippen molar-refractivity contribution >= 4 is 5.69 Å². The first-order valence-corrected chi connectivity index (χ1v) is 6.71. The van der Waals surface area contributed by atoms with Gasteiger partial charge in [0, 0.05) is 24.6 Å². The van der Waals surface area contributed by atoms with Crippen LogP contribution in [0.4, 0.5) is 10.1 Å². The Balaban J connectivity index is 1.86. The Morgan fingerprint density at radius 1 is 1.10 bits per heavy atom. The van der Waals surface area contributed by atoms with Crippen molar-refractivity contribution in [3.05, 3.63) is 72.4 Å². The number of benzene rings is 1. The summed E-state index contributed by atoms with van der Waals surface area (Å²) in [7, 11) is 0. The van der Waals surface area contributed by atoms with Crippen molar-refractivity contribution in [3.63, 3.8) is 0 Å². The monoisotopic (exact) mass is 282 g/mol. The molecule has 0 saturated carbocycles. The van der Waals surface area contributed by atoms with Gasteiger partial charge in [-0.15, -0.1) is 0 Å². The van der Waals surface area contributed by atoms with Crippen LogP contribution in [0.25, 0.3) is 5.82 Å². The van der Waals surface area contributed by atoms with E-state index in [1.165, 1.54) is 12.1 Å². The lowest BCUT2D eigenvalue weighted by molar-refractivity contribution is 0.626. The molecule has 21 heavy (non-hydrogen) atoms. The molecule has 5 heteroatoms. The average molecular weight is 282 g/mol. The van der Waals surface area contributed by atoms with Crippen molar-refractivity contribution in [2.24, 2.45) is 0 Å². The first-order valence-electron chi connectivity index (χ1n) is 6.71. The van der Waals surface area contributed by atoms with Crippen LogP contribution >= 0.6 is 0 Å². The van der Waals surface area contributed by atoms with Crippen LogP contribution < -0.4 is 5.32 Å². The zero-order valence-corrected chi connectivity index (χ0v) is 11.6. The molecule has 0 amide bonds. The fourth-order valence-electron chi connectivity index (χ4n) is 2.15. The lowest BCUT2D eigenvalue weighted by Crippen LogP contribution is -2.10. The number of hydrogen-bond donors (Lipinski definition) is 1. The molecular formula is C16H15FN4. The quantitative estimate of drug-likeness (QED) is 0.795. The minimum absolute atomic E-state index is 0.0316. The third-order valence-electron chi connectivity index (χ3n) is 3.25. The number of aromatic nitrogens is 3. The molecule has 106 valence electrons. The molecule has 4 nitrogen and oxygen atoms in total. The summed E-state index contributed by atoms with van der Waals surface area (Å²) in [6.45, 7) is 2.02. The van der Waals surface area contributed by atoms with Gasteiger partial charge in [-0.3, -0.25) is 0 Å². The smallest absolute Gasteiger partial charge is 0.176 e. The Morgan fingerprint density at radius 2 is 1.90 bits per heavy atom. The highest BCUT2D eigenvalue weighted by Gasteiger charge is 2.10. The molecule has 1 unspecified atom stereocenters. The summed E-state index contributed by atoms with van der Waals surface area (Å²) in [5.74, 6) is 0.501. The third kappa shape index (κ3) is 2.91. The zero-order chi connectivity index (χ0) is 14.7. The summed E-state index contributed by atoms with van der Waals surface area (Å²) in [6, 6.07) is 12.2. The van der Waals surface area contributed by atoms with Gasteiger partial charge in [-0.1, -0.05) is 12.1 Å². The van der Waals surface area contributed by atoms with E-state index in [0.29, 0.717) is 0 Å². The number of halogens is 1. The Kier molecular flexibility index (Phi) is 3.64. The van der Waals surface area contributed by atoms with Crippen molar-refractivity contribution in [2.75, 3.05) is 5.32 Å². The van der Waals surface area contributed by atoms with Crippen LogP contribution in [0.15, 0.2) is 61.1 Å². The molecule has 2 heterocycles. The molecule has 0 aliphatic rings. The van der Waals surface area contributed by atoms with Gasteiger partial charge in [-0.05, 0) is 42.8 Å². The second kappa shape index (κ2) is 5.75. The normalized spacial score (nSPS) is 12.1. The Hall–Kier alpha value is -2.69. The number of hydrogen-bond acceptors (Lipinski definition) is 3. The van der Waals surface area contributed by atoms with E-state index in [-0.39, 0.29) is 11.9 Å². The molecule has 0 aliphatic heterocycles. The van der Waals surface area contributed by atoms with Gasteiger partial charge >= 0.3 is 0 Å². The first-order chi connectivity index (χ1) is 10.2. The van der Waals surface area contributed by atoms with Gasteiger partial charge in [-0.2, -0.15) is 5.10 Å². The number of anilines is 1. The van der Waals surface area contributed by atoms with E-state index in [1.54, 1.807) is 29.2 Å². The molecule has 1 N–H and O–H groups in total. The minimum atomic E-state index is -0.232. The molecule has 1 atom stereocenters. The van der Waals surface area contributed by atoms with E-state index in [4.69, 9.17) is 0 Å². The molecule has 2 aromatic heterocycles. The maximum atomic E-state index is 13.0. The van der Waals surface area contributed by atoms with Crippen LogP contribution in [-0.4, -0.2) is 14.8 Å². The van der Waals surface area contributed by atoms with E-state index in [9.17, 15) is 4.39 Å². The van der Waals surface area contributed by atoms with Gasteiger partial charge in [0.1, 0.15) is 5.82 Å². The van der Waals surface area contributed by atoms with Crippen molar-refractivity contribution < 1.29 is 4.39 Å². The molecule has 0 radical (unpaired) electrons. The minimum Gasteiger partial charge on any atom is -0.375 e. The van der Waals surface area contributed by atoms with Gasteiger partial charge in [0.2, 0.25) is 0 Å². The lowest BCUT2D eigenvalue weighted by atomic mass is 10.1. The summed E-state index contributed by atoms with van der Waals surface area (Å²) in [4.78, 5) is 4.36. The second-order valence-corrected chi connectivity index (χ2v) is 4.74. The highest BCUT2D eigenvalue weighted by atomic mass is 19.1. The van der Waals surface area contributed by atoms with Gasteiger partial charge in [0.25, 0.3) is 0 Å². The topological polar surface area (TPSA) is 42.7 Å². The van der Waals surface area contributed by atoms with E-state index in [1.807, 2.05) is 31.3 Å². The van der Waals surface area contributed by atoms with Crippen LogP contribution in [-0.2, 0) is 0 Å². The van der Waals surface area contributed by atoms with Crippen LogP contribution in [0, 0.1) is 5.82 Å². The Morgan fingerprint density at radius 3 is 2.62 bits per heavy atom. The molecule has 3 rings (SSSR count). The van der Waals surface area contributed by atoms with Crippen LogP contribution in [0.1, 0.15) is 18.5 Å². The zero-order valence-electron chi connectivity index (χ0n) is 11.6. The summed E-state index contributed by atoms with van der Waals surface area (Å²) < 4.78 is 14.7. The second-order valence-electron chi connectivity index (χ2n) is 4.74. The number of rotatable bonds is 4. The predicted molar refractivity (Wildman–Crippen MR) is 79.8 cm³/mol. The fourth-order valence-corrected chi connectivity index (χ4v) is 2.15. The standard InChI is InChI=1S/C16H15FN4/c1-12(13-5-7-14(17)8-6-13)20-15-4-2-9-18-16(15)21-11-3-10-19-21/h2-12,20H,1H3. The molecule has 0 saturated heterocycles.